The highest BCUT2D eigenvalue weighted by molar-refractivity contribution is 8.03. The average molecular weight is 192 g/mol. The summed E-state index contributed by atoms with van der Waals surface area (Å²) in [6.45, 7) is 0.807. The molecule has 4 heteroatoms. The molecule has 0 amide bonds. The lowest BCUT2D eigenvalue weighted by Crippen LogP contribution is -2.33. The minimum absolute atomic E-state index is 0.768. The van der Waals surface area contributed by atoms with Crippen LogP contribution in [0.15, 0.2) is 0 Å². The van der Waals surface area contributed by atoms with Gasteiger partial charge in [-0.15, -0.1) is 11.8 Å². The summed E-state index contributed by atoms with van der Waals surface area (Å²) in [6, 6.07) is 0. The summed E-state index contributed by atoms with van der Waals surface area (Å²) in [5.74, 6) is 1.87. The molecule has 0 radical (unpaired) electrons. The van der Waals surface area contributed by atoms with Gasteiger partial charge in [-0.05, 0) is 12.8 Å². The van der Waals surface area contributed by atoms with Crippen molar-refractivity contribution in [2.75, 3.05) is 18.2 Å². The van der Waals surface area contributed by atoms with E-state index in [1.165, 1.54) is 12.8 Å². The Bertz CT molecular complexity index is 111. The molecule has 1 aliphatic carbocycles. The van der Waals surface area contributed by atoms with Gasteiger partial charge in [-0.1, -0.05) is 0 Å². The molecule has 1 aliphatic rings. The van der Waals surface area contributed by atoms with Gasteiger partial charge < -0.3 is 11.5 Å². The van der Waals surface area contributed by atoms with Crippen LogP contribution in [-0.4, -0.2) is 28.7 Å². The van der Waals surface area contributed by atoms with E-state index in [-0.39, 0.29) is 0 Å². The second kappa shape index (κ2) is 5.30. The van der Waals surface area contributed by atoms with Crippen LogP contribution in [0, 0.1) is 0 Å². The van der Waals surface area contributed by atoms with Crippen molar-refractivity contribution in [3.63, 3.8) is 0 Å². The van der Waals surface area contributed by atoms with Crippen molar-refractivity contribution in [3.05, 3.63) is 0 Å². The predicted molar refractivity (Wildman–Crippen MR) is 55.0 cm³/mol. The number of nitrogens with two attached hydrogens (primary N) is 2. The molecule has 1 fully saturated rings. The fourth-order valence-electron chi connectivity index (χ4n) is 1.16. The fourth-order valence-corrected chi connectivity index (χ4v) is 3.63. The van der Waals surface area contributed by atoms with Crippen molar-refractivity contribution in [1.29, 1.82) is 0 Å². The quantitative estimate of drug-likeness (QED) is 0.634. The summed E-state index contributed by atoms with van der Waals surface area (Å²) in [4.78, 5) is 0. The van der Waals surface area contributed by atoms with Crippen molar-refractivity contribution in [2.45, 2.75) is 23.3 Å². The zero-order valence-electron chi connectivity index (χ0n) is 6.66. The third-order valence-corrected chi connectivity index (χ3v) is 4.73. The number of hydrogen-bond donors (Lipinski definition) is 2. The molecule has 1 rings (SSSR count). The van der Waals surface area contributed by atoms with E-state index in [2.05, 4.69) is 0 Å². The SMILES string of the molecule is NCCSC1CCC1SCN. The smallest absolute Gasteiger partial charge is 0.0395 e. The summed E-state index contributed by atoms with van der Waals surface area (Å²) in [5.41, 5.74) is 10.9. The Hall–Kier alpha value is 0.620. The molecule has 2 nitrogen and oxygen atoms in total. The molecule has 2 atom stereocenters. The van der Waals surface area contributed by atoms with Crippen LogP contribution in [0.2, 0.25) is 0 Å². The molecule has 2 unspecified atom stereocenters. The Labute approximate surface area is 76.8 Å². The Morgan fingerprint density at radius 2 is 1.73 bits per heavy atom. The van der Waals surface area contributed by atoms with Crippen LogP contribution in [0.4, 0.5) is 0 Å². The van der Waals surface area contributed by atoms with Crippen molar-refractivity contribution >= 4 is 23.5 Å². The number of hydrogen-bond acceptors (Lipinski definition) is 4. The fraction of sp³-hybridized carbons (Fsp3) is 1.00. The van der Waals surface area contributed by atoms with E-state index in [0.29, 0.717) is 0 Å². The first-order valence-electron chi connectivity index (χ1n) is 4.02. The average Bonchev–Trinajstić information content (AvgIpc) is 1.99. The van der Waals surface area contributed by atoms with Gasteiger partial charge in [0.15, 0.2) is 0 Å². The standard InChI is InChI=1S/C7H16N2S2/c8-3-4-10-6-1-2-7(6)11-5-9/h6-7H,1-5,8-9H2. The van der Waals surface area contributed by atoms with Crippen LogP contribution >= 0.6 is 23.5 Å². The third-order valence-electron chi connectivity index (χ3n) is 1.91. The summed E-state index contributed by atoms with van der Waals surface area (Å²) in [5, 5.41) is 1.66. The van der Waals surface area contributed by atoms with E-state index < -0.39 is 0 Å². The monoisotopic (exact) mass is 192 g/mol. The molecule has 1 saturated carbocycles. The summed E-state index contributed by atoms with van der Waals surface area (Å²) < 4.78 is 0. The summed E-state index contributed by atoms with van der Waals surface area (Å²) >= 11 is 3.90. The van der Waals surface area contributed by atoms with Crippen LogP contribution in [0.1, 0.15) is 12.8 Å². The second-order valence-electron chi connectivity index (χ2n) is 2.65. The molecule has 0 aromatic rings. The van der Waals surface area contributed by atoms with Crippen LogP contribution in [0.25, 0.3) is 0 Å². The highest BCUT2D eigenvalue weighted by Crippen LogP contribution is 2.39. The van der Waals surface area contributed by atoms with Gasteiger partial charge in [-0.3, -0.25) is 0 Å². The van der Waals surface area contributed by atoms with Gasteiger partial charge in [-0.25, -0.2) is 0 Å². The lowest BCUT2D eigenvalue weighted by Gasteiger charge is -2.35. The molecule has 0 aliphatic heterocycles. The van der Waals surface area contributed by atoms with E-state index >= 15 is 0 Å². The van der Waals surface area contributed by atoms with E-state index in [1.54, 1.807) is 0 Å². The largest absolute Gasteiger partial charge is 0.330 e. The molecule has 0 spiro atoms. The maximum absolute atomic E-state index is 5.46. The number of thioether (sulfide) groups is 2. The normalized spacial score (nSPS) is 30.0. The molecule has 11 heavy (non-hydrogen) atoms. The van der Waals surface area contributed by atoms with E-state index in [4.69, 9.17) is 11.5 Å². The maximum Gasteiger partial charge on any atom is 0.0395 e. The van der Waals surface area contributed by atoms with Crippen molar-refractivity contribution in [3.8, 4) is 0 Å². The van der Waals surface area contributed by atoms with Crippen molar-refractivity contribution < 1.29 is 0 Å². The first-order valence-corrected chi connectivity index (χ1v) is 6.11. The highest BCUT2D eigenvalue weighted by Gasteiger charge is 2.30. The molecule has 4 N–H and O–H groups in total. The van der Waals surface area contributed by atoms with Crippen molar-refractivity contribution in [1.82, 2.24) is 0 Å². The van der Waals surface area contributed by atoms with Crippen LogP contribution in [0.3, 0.4) is 0 Å². The zero-order valence-corrected chi connectivity index (χ0v) is 8.29. The molecular formula is C7H16N2S2. The Balaban J connectivity index is 2.05. The minimum atomic E-state index is 0.768. The van der Waals surface area contributed by atoms with Crippen LogP contribution < -0.4 is 11.5 Å². The highest BCUT2D eigenvalue weighted by atomic mass is 32.2. The molecule has 66 valence electrons. The molecule has 0 aromatic carbocycles. The van der Waals surface area contributed by atoms with E-state index in [9.17, 15) is 0 Å². The Kier molecular flexibility index (Phi) is 4.67. The minimum Gasteiger partial charge on any atom is -0.330 e. The van der Waals surface area contributed by atoms with Crippen LogP contribution in [0.5, 0.6) is 0 Å². The van der Waals surface area contributed by atoms with Gasteiger partial charge >= 0.3 is 0 Å². The lowest BCUT2D eigenvalue weighted by atomic mass is 9.99. The zero-order chi connectivity index (χ0) is 8.10. The van der Waals surface area contributed by atoms with Gasteiger partial charge in [0, 0.05) is 28.7 Å². The van der Waals surface area contributed by atoms with Crippen LogP contribution in [-0.2, 0) is 0 Å². The lowest BCUT2D eigenvalue weighted by molar-refractivity contribution is 0.540. The second-order valence-corrected chi connectivity index (χ2v) is 5.27. The van der Waals surface area contributed by atoms with Gasteiger partial charge in [0.2, 0.25) is 0 Å². The maximum atomic E-state index is 5.46. The van der Waals surface area contributed by atoms with Crippen molar-refractivity contribution in [2.24, 2.45) is 11.5 Å². The topological polar surface area (TPSA) is 52.0 Å². The van der Waals surface area contributed by atoms with E-state index in [1.807, 2.05) is 23.5 Å². The predicted octanol–water partition coefficient (Wildman–Crippen LogP) is 0.859. The Morgan fingerprint density at radius 3 is 2.18 bits per heavy atom. The van der Waals surface area contributed by atoms with Gasteiger partial charge in [-0.2, -0.15) is 11.8 Å². The first-order chi connectivity index (χ1) is 5.38. The van der Waals surface area contributed by atoms with E-state index in [0.717, 1.165) is 28.7 Å². The molecule has 0 aromatic heterocycles. The molecule has 0 saturated heterocycles. The Morgan fingerprint density at radius 1 is 1.09 bits per heavy atom. The van der Waals surface area contributed by atoms with Gasteiger partial charge in [0.25, 0.3) is 0 Å². The molecule has 0 bridgehead atoms. The molecule has 0 heterocycles. The van der Waals surface area contributed by atoms with Gasteiger partial charge in [0.05, 0.1) is 0 Å². The molecular weight excluding hydrogens is 176 g/mol. The third kappa shape index (κ3) is 2.86. The summed E-state index contributed by atoms with van der Waals surface area (Å²) in [6.07, 6.45) is 2.71. The number of rotatable bonds is 5. The first kappa shape index (κ1) is 9.71. The van der Waals surface area contributed by atoms with Gasteiger partial charge in [0.1, 0.15) is 0 Å². The summed E-state index contributed by atoms with van der Waals surface area (Å²) in [7, 11) is 0.